The van der Waals surface area contributed by atoms with Crippen molar-refractivity contribution in [1.82, 2.24) is 0 Å². The van der Waals surface area contributed by atoms with Gasteiger partial charge in [-0.15, -0.1) is 0 Å². The molecule has 3 N–H and O–H groups in total. The molecule has 0 aromatic heterocycles. The molecule has 2 aromatic carbocycles. The Morgan fingerprint density at radius 1 is 1.05 bits per heavy atom. The first-order valence-corrected chi connectivity index (χ1v) is 7.22. The summed E-state index contributed by atoms with van der Waals surface area (Å²) in [5.74, 6) is -3.30. The van der Waals surface area contributed by atoms with Crippen molar-refractivity contribution in [2.24, 2.45) is 0 Å². The minimum absolute atomic E-state index is 0.0562. The summed E-state index contributed by atoms with van der Waals surface area (Å²) in [5, 5.41) is 0. The molecule has 2 rings (SSSR count). The fourth-order valence-corrected chi connectivity index (χ4v) is 2.96. The summed E-state index contributed by atoms with van der Waals surface area (Å²) in [6.07, 6.45) is 0. The van der Waals surface area contributed by atoms with Crippen molar-refractivity contribution in [2.45, 2.75) is 11.8 Å². The minimum atomic E-state index is -4.31. The van der Waals surface area contributed by atoms with Crippen LogP contribution in [0.1, 0.15) is 5.56 Å². The third-order valence-electron chi connectivity index (χ3n) is 2.70. The van der Waals surface area contributed by atoms with Crippen molar-refractivity contribution in [2.75, 3.05) is 10.5 Å². The highest BCUT2D eigenvalue weighted by Crippen LogP contribution is 2.24. The third-order valence-corrected chi connectivity index (χ3v) is 4.09. The SMILES string of the molecule is Cc1cc(N)cc(S(=O)(=O)Nc2ccc(F)c(F)c2)c1F. The summed E-state index contributed by atoms with van der Waals surface area (Å²) >= 11 is 0. The molecular weight excluding hydrogens is 305 g/mol. The maximum Gasteiger partial charge on any atom is 0.264 e. The maximum absolute atomic E-state index is 13.9. The van der Waals surface area contributed by atoms with Crippen LogP contribution in [0.15, 0.2) is 35.2 Å². The van der Waals surface area contributed by atoms with Gasteiger partial charge in [-0.3, -0.25) is 4.72 Å². The number of sulfonamides is 1. The van der Waals surface area contributed by atoms with Crippen molar-refractivity contribution in [1.29, 1.82) is 0 Å². The maximum atomic E-state index is 13.9. The lowest BCUT2D eigenvalue weighted by Crippen LogP contribution is -2.16. The number of benzene rings is 2. The van der Waals surface area contributed by atoms with E-state index in [2.05, 4.69) is 0 Å². The number of anilines is 2. The van der Waals surface area contributed by atoms with Gasteiger partial charge in [-0.05, 0) is 36.8 Å². The van der Waals surface area contributed by atoms with E-state index < -0.39 is 32.4 Å². The van der Waals surface area contributed by atoms with Gasteiger partial charge in [0.1, 0.15) is 10.7 Å². The predicted octanol–water partition coefficient (Wildman–Crippen LogP) is 2.80. The predicted molar refractivity (Wildman–Crippen MR) is 72.7 cm³/mol. The minimum Gasteiger partial charge on any atom is -0.399 e. The average Bonchev–Trinajstić information content (AvgIpc) is 2.37. The molecule has 8 heteroatoms. The highest BCUT2D eigenvalue weighted by atomic mass is 32.2. The van der Waals surface area contributed by atoms with E-state index in [-0.39, 0.29) is 16.9 Å². The van der Waals surface area contributed by atoms with Gasteiger partial charge in [0.25, 0.3) is 10.0 Å². The number of nitrogens with one attached hydrogen (secondary N) is 1. The van der Waals surface area contributed by atoms with Crippen LogP contribution in [0, 0.1) is 24.4 Å². The van der Waals surface area contributed by atoms with Gasteiger partial charge in [0.2, 0.25) is 0 Å². The molecule has 0 aliphatic heterocycles. The van der Waals surface area contributed by atoms with E-state index in [1.165, 1.54) is 13.0 Å². The number of hydrogen-bond donors (Lipinski definition) is 2. The number of hydrogen-bond acceptors (Lipinski definition) is 3. The first kappa shape index (κ1) is 15.2. The summed E-state index contributed by atoms with van der Waals surface area (Å²) in [7, 11) is -4.31. The Morgan fingerprint density at radius 3 is 2.33 bits per heavy atom. The van der Waals surface area contributed by atoms with Crippen LogP contribution in [-0.4, -0.2) is 8.42 Å². The molecule has 0 aliphatic carbocycles. The molecule has 2 aromatic rings. The van der Waals surface area contributed by atoms with E-state index in [1.807, 2.05) is 4.72 Å². The van der Waals surface area contributed by atoms with Gasteiger partial charge < -0.3 is 5.73 Å². The number of aryl methyl sites for hydroxylation is 1. The smallest absolute Gasteiger partial charge is 0.264 e. The van der Waals surface area contributed by atoms with Crippen LogP contribution in [-0.2, 0) is 10.0 Å². The number of nitrogen functional groups attached to an aromatic ring is 1. The number of nitrogens with two attached hydrogens (primary N) is 1. The molecule has 21 heavy (non-hydrogen) atoms. The van der Waals surface area contributed by atoms with Crippen LogP contribution in [0.4, 0.5) is 24.5 Å². The van der Waals surface area contributed by atoms with Gasteiger partial charge in [-0.1, -0.05) is 0 Å². The normalized spacial score (nSPS) is 11.4. The van der Waals surface area contributed by atoms with E-state index >= 15 is 0 Å². The summed E-state index contributed by atoms with van der Waals surface area (Å²) in [5.41, 5.74) is 5.39. The topological polar surface area (TPSA) is 72.2 Å². The summed E-state index contributed by atoms with van der Waals surface area (Å²) < 4.78 is 65.9. The van der Waals surface area contributed by atoms with Crippen LogP contribution in [0.25, 0.3) is 0 Å². The Morgan fingerprint density at radius 2 is 1.71 bits per heavy atom. The molecule has 0 bridgehead atoms. The van der Waals surface area contributed by atoms with E-state index in [0.29, 0.717) is 6.07 Å². The lowest BCUT2D eigenvalue weighted by Gasteiger charge is -2.11. The van der Waals surface area contributed by atoms with E-state index in [1.54, 1.807) is 0 Å². The van der Waals surface area contributed by atoms with Gasteiger partial charge in [0, 0.05) is 11.8 Å². The molecule has 0 saturated carbocycles. The largest absolute Gasteiger partial charge is 0.399 e. The van der Waals surface area contributed by atoms with Gasteiger partial charge in [0.05, 0.1) is 5.69 Å². The Labute approximate surface area is 119 Å². The van der Waals surface area contributed by atoms with Crippen molar-refractivity contribution in [3.8, 4) is 0 Å². The zero-order valence-corrected chi connectivity index (χ0v) is 11.6. The zero-order chi connectivity index (χ0) is 15.8. The molecule has 0 aliphatic rings. The molecule has 0 spiro atoms. The Bertz CT molecular complexity index is 807. The second-order valence-corrected chi connectivity index (χ2v) is 6.04. The molecule has 0 radical (unpaired) electrons. The van der Waals surface area contributed by atoms with Crippen LogP contribution in [0.3, 0.4) is 0 Å². The highest BCUT2D eigenvalue weighted by molar-refractivity contribution is 7.92. The molecule has 0 heterocycles. The molecule has 0 atom stereocenters. The third kappa shape index (κ3) is 3.10. The lowest BCUT2D eigenvalue weighted by atomic mass is 10.2. The van der Waals surface area contributed by atoms with Crippen LogP contribution < -0.4 is 10.5 Å². The summed E-state index contributed by atoms with van der Waals surface area (Å²) in [6, 6.07) is 4.67. The van der Waals surface area contributed by atoms with Gasteiger partial charge in [0.15, 0.2) is 11.6 Å². The van der Waals surface area contributed by atoms with Gasteiger partial charge in [-0.25, -0.2) is 21.6 Å². The van der Waals surface area contributed by atoms with Crippen LogP contribution in [0.5, 0.6) is 0 Å². The molecule has 0 amide bonds. The van der Waals surface area contributed by atoms with E-state index in [0.717, 1.165) is 18.2 Å². The number of rotatable bonds is 3. The zero-order valence-electron chi connectivity index (χ0n) is 10.8. The summed E-state index contributed by atoms with van der Waals surface area (Å²) in [6.45, 7) is 1.36. The molecule has 112 valence electrons. The average molecular weight is 316 g/mol. The lowest BCUT2D eigenvalue weighted by molar-refractivity contribution is 0.509. The fourth-order valence-electron chi connectivity index (χ4n) is 1.73. The second kappa shape index (κ2) is 5.28. The fraction of sp³-hybridized carbons (Fsp3) is 0.0769. The molecule has 0 fully saturated rings. The Balaban J connectivity index is 2.45. The van der Waals surface area contributed by atoms with Crippen LogP contribution in [0.2, 0.25) is 0 Å². The molecule has 0 saturated heterocycles. The van der Waals surface area contributed by atoms with Gasteiger partial charge in [-0.2, -0.15) is 0 Å². The highest BCUT2D eigenvalue weighted by Gasteiger charge is 2.21. The van der Waals surface area contributed by atoms with E-state index in [4.69, 9.17) is 5.73 Å². The van der Waals surface area contributed by atoms with Crippen LogP contribution >= 0.6 is 0 Å². The first-order chi connectivity index (χ1) is 9.70. The van der Waals surface area contributed by atoms with Crippen molar-refractivity contribution in [3.05, 3.63) is 53.3 Å². The number of halogens is 3. The Kier molecular flexibility index (Phi) is 3.82. The first-order valence-electron chi connectivity index (χ1n) is 5.74. The second-order valence-electron chi connectivity index (χ2n) is 4.38. The molecular formula is C13H11F3N2O2S. The van der Waals surface area contributed by atoms with Crippen molar-refractivity contribution < 1.29 is 21.6 Å². The summed E-state index contributed by atoms with van der Waals surface area (Å²) in [4.78, 5) is -0.662. The molecule has 4 nitrogen and oxygen atoms in total. The monoisotopic (exact) mass is 316 g/mol. The van der Waals surface area contributed by atoms with E-state index in [9.17, 15) is 21.6 Å². The Hall–Kier alpha value is -2.22. The molecule has 0 unspecified atom stereocenters. The van der Waals surface area contributed by atoms with Crippen molar-refractivity contribution >= 4 is 21.4 Å². The quantitative estimate of drug-likeness (QED) is 0.855. The van der Waals surface area contributed by atoms with Crippen molar-refractivity contribution in [3.63, 3.8) is 0 Å². The van der Waals surface area contributed by atoms with Gasteiger partial charge >= 0.3 is 0 Å². The standard InChI is InChI=1S/C13H11F3N2O2S/c1-7-4-8(17)5-12(13(7)16)21(19,20)18-9-2-3-10(14)11(15)6-9/h2-6,18H,17H2,1H3.